The summed E-state index contributed by atoms with van der Waals surface area (Å²) in [4.78, 5) is 19.5. The van der Waals surface area contributed by atoms with Crippen molar-refractivity contribution in [2.45, 2.75) is 39.8 Å². The Morgan fingerprint density at radius 2 is 2.21 bits per heavy atom. The van der Waals surface area contributed by atoms with Gasteiger partial charge in [-0.15, -0.1) is 0 Å². The summed E-state index contributed by atoms with van der Waals surface area (Å²) >= 11 is 7.58. The van der Waals surface area contributed by atoms with Crippen LogP contribution >= 0.6 is 23.4 Å². The van der Waals surface area contributed by atoms with Gasteiger partial charge in [0.05, 0.1) is 35.0 Å². The summed E-state index contributed by atoms with van der Waals surface area (Å²) < 4.78 is 11.0. The average molecular weight is 433 g/mol. The minimum Gasteiger partial charge on any atom is -0.492 e. The van der Waals surface area contributed by atoms with E-state index in [0.29, 0.717) is 44.3 Å². The number of rotatable bonds is 5. The zero-order valence-electron chi connectivity index (χ0n) is 16.5. The number of carbonyl (C=O) groups excluding carboxylic acids is 1. The van der Waals surface area contributed by atoms with E-state index in [2.05, 4.69) is 11.1 Å². The smallest absolute Gasteiger partial charge is 0.338 e. The van der Waals surface area contributed by atoms with Crippen LogP contribution in [0.15, 0.2) is 45.2 Å². The van der Waals surface area contributed by atoms with Crippen LogP contribution in [0.5, 0.6) is 5.75 Å². The van der Waals surface area contributed by atoms with E-state index in [1.54, 1.807) is 37.8 Å². The first-order valence-corrected chi connectivity index (χ1v) is 10.3. The van der Waals surface area contributed by atoms with Crippen molar-refractivity contribution in [2.24, 2.45) is 10.7 Å². The number of esters is 1. The molecule has 0 saturated heterocycles. The number of aliphatic imine (C=N–C) groups is 1. The van der Waals surface area contributed by atoms with Crippen LogP contribution in [-0.4, -0.2) is 28.7 Å². The first-order chi connectivity index (χ1) is 13.8. The minimum atomic E-state index is -0.625. The van der Waals surface area contributed by atoms with Crippen LogP contribution < -0.4 is 10.5 Å². The van der Waals surface area contributed by atoms with Gasteiger partial charge in [-0.25, -0.2) is 9.79 Å². The van der Waals surface area contributed by atoms with Crippen molar-refractivity contribution in [3.05, 3.63) is 50.8 Å². The predicted octanol–water partition coefficient (Wildman–Crippen LogP) is 4.08. The highest BCUT2D eigenvalue weighted by Gasteiger charge is 2.43. The molecule has 29 heavy (non-hydrogen) atoms. The van der Waals surface area contributed by atoms with E-state index in [0.717, 1.165) is 0 Å². The monoisotopic (exact) mass is 432 g/mol. The zero-order chi connectivity index (χ0) is 21.3. The number of carbonyl (C=O) groups is 1. The quantitative estimate of drug-likeness (QED) is 0.699. The van der Waals surface area contributed by atoms with Crippen LogP contribution in [0.2, 0.25) is 5.02 Å². The van der Waals surface area contributed by atoms with Gasteiger partial charge in [-0.2, -0.15) is 5.26 Å². The number of allylic oxidation sites excluding steroid dienone is 2. The van der Waals surface area contributed by atoms with E-state index >= 15 is 0 Å². The maximum atomic E-state index is 12.9. The molecular formula is C20H21ClN4O3S. The summed E-state index contributed by atoms with van der Waals surface area (Å²) in [6.07, 6.45) is -0.298. The maximum Gasteiger partial charge on any atom is 0.338 e. The second-order valence-electron chi connectivity index (χ2n) is 6.67. The Morgan fingerprint density at radius 1 is 1.48 bits per heavy atom. The zero-order valence-corrected chi connectivity index (χ0v) is 18.1. The first-order valence-electron chi connectivity index (χ1n) is 9.08. The fourth-order valence-electron chi connectivity index (χ4n) is 3.15. The number of nitriles is 1. The number of nitrogens with zero attached hydrogens (tertiary/aromatic N) is 3. The number of ether oxygens (including phenoxy) is 2. The molecule has 1 atom stereocenters. The van der Waals surface area contributed by atoms with Crippen LogP contribution in [0.3, 0.4) is 0 Å². The Morgan fingerprint density at radius 3 is 2.79 bits per heavy atom. The number of hydrogen-bond acceptors (Lipinski definition) is 8. The second kappa shape index (κ2) is 8.39. The molecule has 0 saturated carbocycles. The fourth-order valence-corrected chi connectivity index (χ4v) is 4.31. The van der Waals surface area contributed by atoms with Crippen molar-refractivity contribution in [1.82, 2.24) is 4.90 Å². The first kappa shape index (κ1) is 21.1. The minimum absolute atomic E-state index is 0.244. The molecule has 0 fully saturated rings. The van der Waals surface area contributed by atoms with Crippen LogP contribution in [0.4, 0.5) is 0 Å². The van der Waals surface area contributed by atoms with E-state index < -0.39 is 12.0 Å². The Labute approximate surface area is 178 Å². The van der Waals surface area contributed by atoms with Crippen molar-refractivity contribution >= 4 is 34.5 Å². The van der Waals surface area contributed by atoms with Gasteiger partial charge in [-0.05, 0) is 57.2 Å². The molecule has 0 bridgehead atoms. The topological polar surface area (TPSA) is 101 Å². The van der Waals surface area contributed by atoms with Crippen LogP contribution in [-0.2, 0) is 9.53 Å². The van der Waals surface area contributed by atoms with Crippen molar-refractivity contribution in [3.63, 3.8) is 0 Å². The number of fused-ring (bicyclic) bond motifs is 1. The number of hydrogen-bond donors (Lipinski definition) is 1. The highest BCUT2D eigenvalue weighted by Crippen LogP contribution is 2.46. The summed E-state index contributed by atoms with van der Waals surface area (Å²) in [7, 11) is 0. The lowest BCUT2D eigenvalue weighted by molar-refractivity contribution is -0.143. The van der Waals surface area contributed by atoms with E-state index in [1.807, 2.05) is 13.0 Å². The Bertz CT molecular complexity index is 994. The van der Waals surface area contributed by atoms with Crippen molar-refractivity contribution < 1.29 is 14.3 Å². The van der Waals surface area contributed by atoms with Gasteiger partial charge in [0.2, 0.25) is 0 Å². The van der Waals surface area contributed by atoms with Gasteiger partial charge in [-0.1, -0.05) is 17.7 Å². The normalized spacial score (nSPS) is 18.6. The molecule has 2 heterocycles. The number of halogens is 1. The summed E-state index contributed by atoms with van der Waals surface area (Å²) in [5.41, 5.74) is 7.82. The second-order valence-corrected chi connectivity index (χ2v) is 8.06. The Kier molecular flexibility index (Phi) is 6.10. The number of nitrogens with two attached hydrogens (primary N) is 1. The Hall–Kier alpha value is -2.63. The highest BCUT2D eigenvalue weighted by molar-refractivity contribution is 8.17. The molecule has 0 radical (unpaired) electrons. The lowest BCUT2D eigenvalue weighted by Gasteiger charge is -2.35. The molecule has 0 unspecified atom stereocenters. The summed E-state index contributed by atoms with van der Waals surface area (Å²) in [6.45, 7) is 7.65. The number of benzene rings is 1. The van der Waals surface area contributed by atoms with Gasteiger partial charge >= 0.3 is 5.97 Å². The van der Waals surface area contributed by atoms with Crippen LogP contribution in [0, 0.1) is 11.3 Å². The molecular weight excluding hydrogens is 412 g/mol. The third-order valence-corrected chi connectivity index (χ3v) is 5.58. The van der Waals surface area contributed by atoms with Gasteiger partial charge in [0.15, 0.2) is 5.17 Å². The summed E-state index contributed by atoms with van der Waals surface area (Å²) in [6, 6.07) is 6.77. The molecule has 2 N–H and O–H groups in total. The van der Waals surface area contributed by atoms with Gasteiger partial charge in [0, 0.05) is 0 Å². The third kappa shape index (κ3) is 3.93. The van der Waals surface area contributed by atoms with E-state index in [4.69, 9.17) is 26.8 Å². The predicted molar refractivity (Wildman–Crippen MR) is 113 cm³/mol. The largest absolute Gasteiger partial charge is 0.492 e. The molecule has 3 rings (SSSR count). The molecule has 7 nitrogen and oxygen atoms in total. The van der Waals surface area contributed by atoms with Crippen LogP contribution in [0.1, 0.15) is 39.3 Å². The standard InChI is InChI=1S/C20H21ClN4O3S/c1-5-27-14-7-6-12(8-13(14)21)17-16(19(26)28-10(2)3)11(4)24-20-25(17)18(23)15(9-22)29-20/h6-8,10,17H,5,23H2,1-4H3/t17-/m1/s1. The molecule has 0 spiro atoms. The van der Waals surface area contributed by atoms with Gasteiger partial charge in [0.1, 0.15) is 22.5 Å². The van der Waals surface area contributed by atoms with Crippen molar-refractivity contribution in [3.8, 4) is 11.8 Å². The van der Waals surface area contributed by atoms with E-state index in [-0.39, 0.29) is 11.9 Å². The third-order valence-electron chi connectivity index (χ3n) is 4.31. The molecule has 0 aliphatic carbocycles. The maximum absolute atomic E-state index is 12.9. The number of amidine groups is 1. The molecule has 152 valence electrons. The van der Waals surface area contributed by atoms with Crippen LogP contribution in [0.25, 0.3) is 0 Å². The van der Waals surface area contributed by atoms with Gasteiger partial charge < -0.3 is 15.2 Å². The molecule has 2 aliphatic heterocycles. The van der Waals surface area contributed by atoms with Crippen molar-refractivity contribution in [2.75, 3.05) is 6.61 Å². The summed E-state index contributed by atoms with van der Waals surface area (Å²) in [5, 5.41) is 10.4. The molecule has 0 aromatic heterocycles. The number of thioether (sulfide) groups is 1. The van der Waals surface area contributed by atoms with Crippen molar-refractivity contribution in [1.29, 1.82) is 5.26 Å². The molecule has 2 aliphatic rings. The van der Waals surface area contributed by atoms with E-state index in [1.165, 1.54) is 11.8 Å². The molecule has 1 aromatic rings. The fraction of sp³-hybridized carbons (Fsp3) is 0.350. The Balaban J connectivity index is 2.16. The molecule has 1 aromatic carbocycles. The lowest BCUT2D eigenvalue weighted by atomic mass is 9.94. The molecule has 0 amide bonds. The molecule has 9 heteroatoms. The average Bonchev–Trinajstić information content (AvgIpc) is 2.97. The lowest BCUT2D eigenvalue weighted by Crippen LogP contribution is -2.39. The van der Waals surface area contributed by atoms with Gasteiger partial charge in [0.25, 0.3) is 0 Å². The SMILES string of the molecule is CCOc1ccc([C@@H]2C(C(=O)OC(C)C)=C(C)N=C3SC(C#N)=C(N)N32)cc1Cl. The summed E-state index contributed by atoms with van der Waals surface area (Å²) in [5.74, 6) is 0.304. The highest BCUT2D eigenvalue weighted by atomic mass is 35.5. The van der Waals surface area contributed by atoms with Gasteiger partial charge in [-0.3, -0.25) is 4.90 Å². The van der Waals surface area contributed by atoms with E-state index in [9.17, 15) is 10.1 Å².